The molecule has 0 saturated carbocycles. The van der Waals surface area contributed by atoms with Crippen molar-refractivity contribution in [3.63, 3.8) is 0 Å². The van der Waals surface area contributed by atoms with Crippen LogP contribution in [0.25, 0.3) is 0 Å². The third-order valence-corrected chi connectivity index (χ3v) is 2.55. The fraction of sp³-hybridized carbons (Fsp3) is 0.417. The van der Waals surface area contributed by atoms with Crippen LogP contribution < -0.4 is 4.74 Å². The molecule has 0 radical (unpaired) electrons. The van der Waals surface area contributed by atoms with Crippen LogP contribution in [-0.2, 0) is 0 Å². The summed E-state index contributed by atoms with van der Waals surface area (Å²) in [5.41, 5.74) is 0.718. The fourth-order valence-corrected chi connectivity index (χ4v) is 1.86. The van der Waals surface area contributed by atoms with Crippen molar-refractivity contribution in [2.75, 3.05) is 27.2 Å². The molecule has 0 fully saturated rings. The largest absolute Gasteiger partial charge is 0.492 e. The molecule has 0 aliphatic carbocycles. The molecule has 0 unspecified atom stereocenters. The van der Waals surface area contributed by atoms with Gasteiger partial charge in [0.2, 0.25) is 0 Å². The summed E-state index contributed by atoms with van der Waals surface area (Å²) in [5.74, 6) is 0.887. The zero-order valence-electron chi connectivity index (χ0n) is 9.06. The van der Waals surface area contributed by atoms with Crippen LogP contribution in [0, 0.1) is 5.92 Å². The average Bonchev–Trinajstić information content (AvgIpc) is 2.22. The first kappa shape index (κ1) is 10.2. The average molecular weight is 205 g/mol. The van der Waals surface area contributed by atoms with E-state index in [0.29, 0.717) is 6.61 Å². The van der Waals surface area contributed by atoms with Crippen molar-refractivity contribution in [3.8, 4) is 5.75 Å². The van der Waals surface area contributed by atoms with Gasteiger partial charge < -0.3 is 9.64 Å². The van der Waals surface area contributed by atoms with E-state index in [2.05, 4.69) is 0 Å². The normalized spacial score (nSPS) is 19.9. The smallest absolute Gasteiger partial charge is 0.174 e. The zero-order valence-corrected chi connectivity index (χ0v) is 9.06. The lowest BCUT2D eigenvalue weighted by atomic mass is 9.95. The summed E-state index contributed by atoms with van der Waals surface area (Å²) < 4.78 is 5.56. The Morgan fingerprint density at radius 2 is 2.13 bits per heavy atom. The Bertz CT molecular complexity index is 374. The third kappa shape index (κ3) is 2.02. The van der Waals surface area contributed by atoms with Crippen LogP contribution in [0.1, 0.15) is 10.4 Å². The summed E-state index contributed by atoms with van der Waals surface area (Å²) in [6.45, 7) is 1.24. The minimum absolute atomic E-state index is 0.0325. The topological polar surface area (TPSA) is 29.5 Å². The number of hydrogen-bond acceptors (Lipinski definition) is 3. The summed E-state index contributed by atoms with van der Waals surface area (Å²) in [7, 11) is 3.93. The van der Waals surface area contributed by atoms with Gasteiger partial charge in [-0.1, -0.05) is 12.1 Å². The maximum atomic E-state index is 12.0. The molecule has 80 valence electrons. The van der Waals surface area contributed by atoms with Crippen molar-refractivity contribution in [1.29, 1.82) is 0 Å². The van der Waals surface area contributed by atoms with E-state index in [1.165, 1.54) is 0 Å². The fourth-order valence-electron chi connectivity index (χ4n) is 1.86. The van der Waals surface area contributed by atoms with Gasteiger partial charge in [-0.15, -0.1) is 0 Å². The Balaban J connectivity index is 2.22. The monoisotopic (exact) mass is 205 g/mol. The van der Waals surface area contributed by atoms with Gasteiger partial charge in [-0.05, 0) is 26.2 Å². The first-order valence-electron chi connectivity index (χ1n) is 5.09. The quantitative estimate of drug-likeness (QED) is 0.731. The van der Waals surface area contributed by atoms with E-state index in [1.807, 2.05) is 43.3 Å². The summed E-state index contributed by atoms with van der Waals surface area (Å²) in [6.07, 6.45) is 0. The number of ketones is 1. The number of fused-ring (bicyclic) bond motifs is 1. The Morgan fingerprint density at radius 3 is 2.87 bits per heavy atom. The summed E-state index contributed by atoms with van der Waals surface area (Å²) in [6, 6.07) is 7.44. The van der Waals surface area contributed by atoms with Crippen molar-refractivity contribution in [3.05, 3.63) is 29.8 Å². The predicted molar refractivity (Wildman–Crippen MR) is 58.3 cm³/mol. The summed E-state index contributed by atoms with van der Waals surface area (Å²) in [5, 5.41) is 0. The lowest BCUT2D eigenvalue weighted by molar-refractivity contribution is 0.0796. The molecule has 1 aliphatic rings. The standard InChI is InChI=1S/C12H15NO2/c1-13(2)7-9-8-15-11-6-4-3-5-10(11)12(9)14/h3-6,9H,7-8H2,1-2H3/t9-/m0/s1. The highest BCUT2D eigenvalue weighted by atomic mass is 16.5. The van der Waals surface area contributed by atoms with Gasteiger partial charge in [-0.3, -0.25) is 4.79 Å². The maximum Gasteiger partial charge on any atom is 0.174 e. The van der Waals surface area contributed by atoms with Crippen LogP contribution >= 0.6 is 0 Å². The molecule has 1 heterocycles. The lowest BCUT2D eigenvalue weighted by Crippen LogP contribution is -2.35. The van der Waals surface area contributed by atoms with Crippen LogP contribution in [0.3, 0.4) is 0 Å². The SMILES string of the molecule is CN(C)C[C@H]1COc2ccccc2C1=O. The van der Waals surface area contributed by atoms with E-state index < -0.39 is 0 Å². The van der Waals surface area contributed by atoms with Gasteiger partial charge in [0.25, 0.3) is 0 Å². The van der Waals surface area contributed by atoms with Crippen LogP contribution in [0.2, 0.25) is 0 Å². The van der Waals surface area contributed by atoms with Crippen LogP contribution in [0.4, 0.5) is 0 Å². The van der Waals surface area contributed by atoms with Crippen LogP contribution in [0.15, 0.2) is 24.3 Å². The molecular formula is C12H15NO2. The Kier molecular flexibility index (Phi) is 2.73. The Hall–Kier alpha value is -1.35. The molecule has 1 aromatic carbocycles. The van der Waals surface area contributed by atoms with Gasteiger partial charge in [-0.25, -0.2) is 0 Å². The molecule has 0 aromatic heterocycles. The van der Waals surface area contributed by atoms with Crippen molar-refractivity contribution in [2.24, 2.45) is 5.92 Å². The van der Waals surface area contributed by atoms with Crippen molar-refractivity contribution in [1.82, 2.24) is 4.90 Å². The molecule has 3 heteroatoms. The van der Waals surface area contributed by atoms with Crippen molar-refractivity contribution >= 4 is 5.78 Å². The highest BCUT2D eigenvalue weighted by Crippen LogP contribution is 2.26. The molecule has 0 N–H and O–H groups in total. The molecule has 15 heavy (non-hydrogen) atoms. The third-order valence-electron chi connectivity index (χ3n) is 2.55. The number of hydrogen-bond donors (Lipinski definition) is 0. The Morgan fingerprint density at radius 1 is 1.40 bits per heavy atom. The van der Waals surface area contributed by atoms with Gasteiger partial charge in [0.1, 0.15) is 5.75 Å². The maximum absolute atomic E-state index is 12.0. The number of carbonyl (C=O) groups is 1. The number of Topliss-reactive ketones (excluding diaryl/α,β-unsaturated/α-hetero) is 1. The van der Waals surface area contributed by atoms with Gasteiger partial charge in [-0.2, -0.15) is 0 Å². The van der Waals surface area contributed by atoms with E-state index in [9.17, 15) is 4.79 Å². The van der Waals surface area contributed by atoms with Crippen molar-refractivity contribution in [2.45, 2.75) is 0 Å². The predicted octanol–water partition coefficient (Wildman–Crippen LogP) is 1.44. The molecule has 0 amide bonds. The lowest BCUT2D eigenvalue weighted by Gasteiger charge is -2.26. The molecule has 0 spiro atoms. The van der Waals surface area contributed by atoms with Crippen LogP contribution in [0.5, 0.6) is 5.75 Å². The summed E-state index contributed by atoms with van der Waals surface area (Å²) in [4.78, 5) is 14.1. The molecule has 1 aromatic rings. The highest BCUT2D eigenvalue weighted by molar-refractivity contribution is 6.01. The van der Waals surface area contributed by atoms with E-state index in [4.69, 9.17) is 4.74 Å². The van der Waals surface area contributed by atoms with Gasteiger partial charge in [0.15, 0.2) is 5.78 Å². The number of benzene rings is 1. The van der Waals surface area contributed by atoms with E-state index >= 15 is 0 Å². The van der Waals surface area contributed by atoms with Crippen LogP contribution in [-0.4, -0.2) is 37.9 Å². The van der Waals surface area contributed by atoms with E-state index in [-0.39, 0.29) is 11.7 Å². The first-order chi connectivity index (χ1) is 7.18. The van der Waals surface area contributed by atoms with E-state index in [0.717, 1.165) is 17.9 Å². The second-order valence-corrected chi connectivity index (χ2v) is 4.13. The first-order valence-corrected chi connectivity index (χ1v) is 5.09. The Labute approximate surface area is 89.7 Å². The number of para-hydroxylation sites is 1. The van der Waals surface area contributed by atoms with Gasteiger partial charge in [0.05, 0.1) is 18.1 Å². The number of ether oxygens (including phenoxy) is 1. The minimum Gasteiger partial charge on any atom is -0.492 e. The molecule has 1 aliphatic heterocycles. The second kappa shape index (κ2) is 4.03. The summed E-state index contributed by atoms with van der Waals surface area (Å²) >= 11 is 0. The second-order valence-electron chi connectivity index (χ2n) is 4.13. The molecule has 1 atom stereocenters. The molecular weight excluding hydrogens is 190 g/mol. The molecule has 0 bridgehead atoms. The minimum atomic E-state index is -0.0325. The zero-order chi connectivity index (χ0) is 10.8. The van der Waals surface area contributed by atoms with Gasteiger partial charge >= 0.3 is 0 Å². The number of rotatable bonds is 2. The van der Waals surface area contributed by atoms with Crippen molar-refractivity contribution < 1.29 is 9.53 Å². The number of nitrogens with zero attached hydrogens (tertiary/aromatic N) is 1. The molecule has 3 nitrogen and oxygen atoms in total. The highest BCUT2D eigenvalue weighted by Gasteiger charge is 2.28. The number of carbonyl (C=O) groups excluding carboxylic acids is 1. The van der Waals surface area contributed by atoms with Gasteiger partial charge in [0, 0.05) is 6.54 Å². The molecule has 2 rings (SSSR count). The van der Waals surface area contributed by atoms with E-state index in [1.54, 1.807) is 0 Å². The molecule has 0 saturated heterocycles.